The van der Waals surface area contributed by atoms with Gasteiger partial charge in [-0.15, -0.1) is 11.8 Å². The number of nitrogens with one attached hydrogen (secondary N) is 2. The molecule has 0 radical (unpaired) electrons. The first-order chi connectivity index (χ1) is 10.5. The number of piperidine rings is 1. The van der Waals surface area contributed by atoms with Gasteiger partial charge in [0.1, 0.15) is 11.3 Å². The van der Waals surface area contributed by atoms with E-state index >= 15 is 0 Å². The summed E-state index contributed by atoms with van der Waals surface area (Å²) < 4.78 is 0. The molecule has 1 saturated heterocycles. The lowest BCUT2D eigenvalue weighted by molar-refractivity contribution is -0.136. The van der Waals surface area contributed by atoms with Gasteiger partial charge in [-0.05, 0) is 31.9 Å². The minimum atomic E-state index is -0.938. The Hall–Kier alpha value is -2.02. The molecule has 118 valence electrons. The number of amides is 2. The Morgan fingerprint density at radius 1 is 1.41 bits per heavy atom. The van der Waals surface area contributed by atoms with Crippen molar-refractivity contribution in [1.82, 2.24) is 10.6 Å². The Bertz CT molecular complexity index is 591. The van der Waals surface area contributed by atoms with Gasteiger partial charge in [-0.1, -0.05) is 12.1 Å². The van der Waals surface area contributed by atoms with Crippen molar-refractivity contribution in [2.24, 2.45) is 0 Å². The second kappa shape index (κ2) is 7.31. The zero-order valence-corrected chi connectivity index (χ0v) is 13.0. The number of rotatable bonds is 5. The smallest absolute Gasteiger partial charge is 0.316 e. The van der Waals surface area contributed by atoms with Gasteiger partial charge < -0.3 is 15.7 Å². The van der Waals surface area contributed by atoms with Gasteiger partial charge in [0.2, 0.25) is 5.91 Å². The molecule has 0 spiro atoms. The van der Waals surface area contributed by atoms with Crippen LogP contribution >= 0.6 is 11.8 Å². The molecule has 1 heterocycles. The molecule has 1 aromatic carbocycles. The molecule has 2 unspecified atom stereocenters. The summed E-state index contributed by atoms with van der Waals surface area (Å²) in [6.45, 7) is 2.20. The van der Waals surface area contributed by atoms with E-state index in [1.807, 2.05) is 0 Å². The van der Waals surface area contributed by atoms with Crippen LogP contribution in [0.1, 0.15) is 30.1 Å². The Balaban J connectivity index is 2.12. The topological polar surface area (TPSA) is 95.5 Å². The van der Waals surface area contributed by atoms with Crippen LogP contribution < -0.4 is 10.6 Å². The van der Waals surface area contributed by atoms with Crippen LogP contribution in [0, 0.1) is 0 Å². The van der Waals surface area contributed by atoms with Crippen LogP contribution in [-0.4, -0.2) is 40.7 Å². The number of aliphatic carboxylic acids is 1. The molecule has 1 aliphatic rings. The molecule has 6 nitrogen and oxygen atoms in total. The summed E-state index contributed by atoms with van der Waals surface area (Å²) in [7, 11) is 0. The maximum Gasteiger partial charge on any atom is 0.316 e. The second-order valence-electron chi connectivity index (χ2n) is 5.05. The molecule has 1 aromatic rings. The molecule has 0 aromatic heterocycles. The van der Waals surface area contributed by atoms with E-state index in [9.17, 15) is 14.4 Å². The van der Waals surface area contributed by atoms with Crippen LogP contribution in [0.3, 0.4) is 0 Å². The lowest BCUT2D eigenvalue weighted by atomic mass is 10.1. The fourth-order valence-electron chi connectivity index (χ4n) is 2.14. The number of carboxylic acid groups (broad SMARTS) is 1. The molecule has 7 heteroatoms. The highest BCUT2D eigenvalue weighted by atomic mass is 32.2. The largest absolute Gasteiger partial charge is 0.480 e. The van der Waals surface area contributed by atoms with E-state index in [-0.39, 0.29) is 11.8 Å². The Kier molecular flexibility index (Phi) is 5.43. The van der Waals surface area contributed by atoms with Crippen LogP contribution in [0.5, 0.6) is 0 Å². The number of benzene rings is 1. The highest BCUT2D eigenvalue weighted by Crippen LogP contribution is 2.27. The Morgan fingerprint density at radius 3 is 2.82 bits per heavy atom. The molecule has 0 aliphatic carbocycles. The number of carbonyl (C=O) groups excluding carboxylic acids is 2. The van der Waals surface area contributed by atoms with Crippen molar-refractivity contribution in [2.45, 2.75) is 36.0 Å². The summed E-state index contributed by atoms with van der Waals surface area (Å²) in [5.74, 6) is -1.47. The van der Waals surface area contributed by atoms with E-state index in [1.54, 1.807) is 31.2 Å². The van der Waals surface area contributed by atoms with Crippen LogP contribution in [0.4, 0.5) is 0 Å². The number of carboxylic acids is 1. The second-order valence-corrected chi connectivity index (χ2v) is 6.44. The highest BCUT2D eigenvalue weighted by molar-refractivity contribution is 8.00. The van der Waals surface area contributed by atoms with E-state index in [0.717, 1.165) is 18.2 Å². The quantitative estimate of drug-likeness (QED) is 0.709. The summed E-state index contributed by atoms with van der Waals surface area (Å²) in [6, 6.07) is 6.27. The molecule has 2 atom stereocenters. The van der Waals surface area contributed by atoms with E-state index in [0.29, 0.717) is 23.4 Å². The molecule has 1 fully saturated rings. The number of carbonyl (C=O) groups is 3. The summed E-state index contributed by atoms with van der Waals surface area (Å²) in [5.41, 5.74) is 0.388. The first-order valence-corrected chi connectivity index (χ1v) is 7.94. The summed E-state index contributed by atoms with van der Waals surface area (Å²) >= 11 is 1.11. The summed E-state index contributed by atoms with van der Waals surface area (Å²) in [5, 5.41) is 13.8. The zero-order chi connectivity index (χ0) is 16.1. The average Bonchev–Trinajstić information content (AvgIpc) is 2.50. The van der Waals surface area contributed by atoms with Crippen LogP contribution in [-0.2, 0) is 9.59 Å². The first kappa shape index (κ1) is 16.4. The molecule has 0 saturated carbocycles. The number of thioether (sulfide) groups is 1. The van der Waals surface area contributed by atoms with Gasteiger partial charge in [-0.25, -0.2) is 0 Å². The predicted octanol–water partition coefficient (Wildman–Crippen LogP) is 1.26. The number of hydrogen-bond acceptors (Lipinski definition) is 4. The third kappa shape index (κ3) is 4.00. The van der Waals surface area contributed by atoms with Gasteiger partial charge >= 0.3 is 5.97 Å². The van der Waals surface area contributed by atoms with Gasteiger partial charge in [-0.3, -0.25) is 14.4 Å². The van der Waals surface area contributed by atoms with E-state index in [1.165, 1.54) is 0 Å². The van der Waals surface area contributed by atoms with Gasteiger partial charge in [0.25, 0.3) is 5.91 Å². The van der Waals surface area contributed by atoms with Gasteiger partial charge in [0, 0.05) is 11.4 Å². The van der Waals surface area contributed by atoms with Crippen LogP contribution in [0.25, 0.3) is 0 Å². The molecular weight excluding hydrogens is 304 g/mol. The van der Waals surface area contributed by atoms with Gasteiger partial charge in [0.05, 0.1) is 5.56 Å². The first-order valence-electron chi connectivity index (χ1n) is 7.06. The minimum absolute atomic E-state index is 0.177. The fourth-order valence-corrected chi connectivity index (χ4v) is 3.07. The van der Waals surface area contributed by atoms with Crippen molar-refractivity contribution in [3.8, 4) is 0 Å². The maximum atomic E-state index is 12.4. The minimum Gasteiger partial charge on any atom is -0.480 e. The molecule has 1 aliphatic heterocycles. The van der Waals surface area contributed by atoms with Crippen molar-refractivity contribution in [2.75, 3.05) is 6.54 Å². The van der Waals surface area contributed by atoms with Crippen molar-refractivity contribution >= 4 is 29.5 Å². The Morgan fingerprint density at radius 2 is 2.14 bits per heavy atom. The average molecular weight is 322 g/mol. The lowest BCUT2D eigenvalue weighted by Crippen LogP contribution is -2.50. The van der Waals surface area contributed by atoms with E-state index in [4.69, 9.17) is 5.11 Å². The van der Waals surface area contributed by atoms with Gasteiger partial charge in [-0.2, -0.15) is 0 Å². The molecule has 22 heavy (non-hydrogen) atoms. The lowest BCUT2D eigenvalue weighted by Gasteiger charge is -2.23. The van der Waals surface area contributed by atoms with Crippen molar-refractivity contribution in [1.29, 1.82) is 0 Å². The molecular formula is C15H18N2O4S. The fraction of sp³-hybridized carbons (Fsp3) is 0.400. The summed E-state index contributed by atoms with van der Waals surface area (Å²) in [6.07, 6.45) is 1.43. The third-order valence-corrected chi connectivity index (χ3v) is 4.54. The normalized spacial score (nSPS) is 19.1. The standard InChI is InChI=1S/C15H18N2O4S/c1-9(15(20)21)22-12-7-3-2-5-10(12)13(18)17-11-6-4-8-16-14(11)19/h2-3,5,7,9,11H,4,6,8H2,1H3,(H,16,19)(H,17,18)(H,20,21). The SMILES string of the molecule is CC(Sc1ccccc1C(=O)NC1CCCNC1=O)C(=O)O. The van der Waals surface area contributed by atoms with Crippen LogP contribution in [0.15, 0.2) is 29.2 Å². The molecule has 2 amide bonds. The predicted molar refractivity (Wildman–Crippen MR) is 82.9 cm³/mol. The monoisotopic (exact) mass is 322 g/mol. The van der Waals surface area contributed by atoms with Crippen molar-refractivity contribution in [3.05, 3.63) is 29.8 Å². The van der Waals surface area contributed by atoms with Crippen molar-refractivity contribution < 1.29 is 19.5 Å². The van der Waals surface area contributed by atoms with Crippen LogP contribution in [0.2, 0.25) is 0 Å². The third-order valence-electron chi connectivity index (χ3n) is 3.37. The molecule has 0 bridgehead atoms. The summed E-state index contributed by atoms with van der Waals surface area (Å²) in [4.78, 5) is 35.6. The van der Waals surface area contributed by atoms with E-state index in [2.05, 4.69) is 10.6 Å². The highest BCUT2D eigenvalue weighted by Gasteiger charge is 2.25. The van der Waals surface area contributed by atoms with Gasteiger partial charge in [0.15, 0.2) is 0 Å². The molecule has 2 rings (SSSR count). The number of hydrogen-bond donors (Lipinski definition) is 3. The Labute approximate surface area is 132 Å². The zero-order valence-electron chi connectivity index (χ0n) is 12.2. The van der Waals surface area contributed by atoms with Crippen molar-refractivity contribution in [3.63, 3.8) is 0 Å². The van der Waals surface area contributed by atoms with E-state index < -0.39 is 17.3 Å². The maximum absolute atomic E-state index is 12.4. The molecule has 3 N–H and O–H groups in total.